The maximum absolute atomic E-state index is 12.8. The van der Waals surface area contributed by atoms with Crippen LogP contribution in [-0.4, -0.2) is 60.5 Å². The molecule has 328 valence electrons. The standard InChI is InChI=1S/C22H15NO5.C15H8O6.C6H6BrN.I3.I2.HI/c1-11-5-7-13(8-6-11)23-22(28)12-9-15-19(17(25)10-12)21(27)18-14(20(15)26)3-2-4-16(18)24;16-9-3-1-2-7-11(9)14(19)12-8(13(7)18)4-6(15(20)21)5-10(12)17;7-5-1-3-6(8)4-2-5;1-3-2;1-2;/h2-10,24-25H,1H3,(H,23,28);1-5,16-17H,(H,20,21);1-4H,8H2;;;1H/q;;;-1;;. The number of nitrogens with two attached hydrogens (primary N) is 1. The number of anilines is 2. The van der Waals surface area contributed by atoms with Crippen LogP contribution < -0.4 is 24.3 Å². The number of carbonyl (C=O) groups is 6. The predicted octanol–water partition coefficient (Wildman–Crippen LogP) is 8.20. The van der Waals surface area contributed by atoms with Gasteiger partial charge in [0.25, 0.3) is 5.91 Å². The first kappa shape index (κ1) is 54.1. The Bertz CT molecular complexity index is 2710. The van der Waals surface area contributed by atoms with E-state index in [1.807, 2.05) is 43.3 Å². The Morgan fingerprint density at radius 3 is 1.40 bits per heavy atom. The van der Waals surface area contributed by atoms with Crippen molar-refractivity contribution >= 4 is 161 Å². The van der Waals surface area contributed by atoms with Crippen LogP contribution in [0.4, 0.5) is 11.4 Å². The Morgan fingerprint density at radius 2 is 0.984 bits per heavy atom. The van der Waals surface area contributed by atoms with Crippen molar-refractivity contribution in [2.75, 3.05) is 11.1 Å². The number of benzene rings is 6. The summed E-state index contributed by atoms with van der Waals surface area (Å²) in [4.78, 5) is 73.8. The number of nitrogen functional groups attached to an aromatic ring is 1. The van der Waals surface area contributed by atoms with Gasteiger partial charge in [-0.1, -0.05) is 57.9 Å². The number of hydrogen-bond donors (Lipinski definition) is 7. The molecule has 0 saturated heterocycles. The van der Waals surface area contributed by atoms with Gasteiger partial charge in [0.05, 0.1) is 27.8 Å². The van der Waals surface area contributed by atoms with Crippen LogP contribution >= 0.6 is 114 Å². The molecule has 20 heteroatoms. The molecule has 6 aromatic rings. The molecule has 6 aromatic carbocycles. The van der Waals surface area contributed by atoms with Crippen LogP contribution in [0.3, 0.4) is 0 Å². The fourth-order valence-corrected chi connectivity index (χ4v) is 6.39. The zero-order valence-electron chi connectivity index (χ0n) is 31.8. The molecule has 0 radical (unpaired) electrons. The van der Waals surface area contributed by atoms with Crippen LogP contribution in [0, 0.1) is 6.92 Å². The molecule has 0 heterocycles. The Balaban J connectivity index is 0.000000265. The average molecular weight is 1590 g/mol. The normalized spacial score (nSPS) is 11.3. The maximum atomic E-state index is 12.8. The first-order chi connectivity index (χ1) is 29.5. The molecular formula is C43H30BrI6N2O11-. The van der Waals surface area contributed by atoms with E-state index in [0.29, 0.717) is 18.9 Å². The molecule has 2 aliphatic carbocycles. The minimum absolute atomic E-state index is 0. The molecule has 0 fully saturated rings. The summed E-state index contributed by atoms with van der Waals surface area (Å²) in [7, 11) is 0. The first-order valence-corrected chi connectivity index (χ1v) is 36.8. The molecule has 2 aliphatic rings. The smallest absolute Gasteiger partial charge is 0.335 e. The van der Waals surface area contributed by atoms with Crippen molar-refractivity contribution < 1.29 is 67.6 Å². The van der Waals surface area contributed by atoms with Gasteiger partial charge < -0.3 is 36.6 Å². The molecule has 8 N–H and O–H groups in total. The number of carboxylic acid groups (broad SMARTS) is 1. The minimum atomic E-state index is -1.32. The number of phenols is 4. The Morgan fingerprint density at radius 1 is 0.587 bits per heavy atom. The number of aryl methyl sites for hydroxylation is 1. The quantitative estimate of drug-likeness (QED) is 0.0654. The van der Waals surface area contributed by atoms with E-state index in [4.69, 9.17) is 10.8 Å². The van der Waals surface area contributed by atoms with E-state index in [0.717, 1.165) is 33.9 Å². The van der Waals surface area contributed by atoms with E-state index < -0.39 is 46.5 Å². The number of aromatic hydroxyl groups is 4. The number of ketones is 4. The number of nitrogens with one attached hydrogen (secondary N) is 1. The van der Waals surface area contributed by atoms with Crippen molar-refractivity contribution in [3.05, 3.63) is 175 Å². The van der Waals surface area contributed by atoms with Gasteiger partial charge in [0.1, 0.15) is 23.0 Å². The van der Waals surface area contributed by atoms with Gasteiger partial charge in [-0.2, -0.15) is 0 Å². The van der Waals surface area contributed by atoms with E-state index in [2.05, 4.69) is 95.7 Å². The van der Waals surface area contributed by atoms with E-state index in [-0.39, 0.29) is 91.1 Å². The maximum Gasteiger partial charge on any atom is 0.335 e. The summed E-state index contributed by atoms with van der Waals surface area (Å²) < 4.78 is 1.06. The fraction of sp³-hybridized carbons (Fsp3) is 0.0233. The van der Waals surface area contributed by atoms with Crippen LogP contribution in [0.15, 0.2) is 114 Å². The number of halogens is 7. The molecular weight excluding hydrogens is 1560 g/mol. The van der Waals surface area contributed by atoms with Crippen molar-refractivity contribution in [3.8, 4) is 23.0 Å². The topological polar surface area (TPSA) is 242 Å². The van der Waals surface area contributed by atoms with Crippen molar-refractivity contribution in [2.45, 2.75) is 6.92 Å². The predicted molar refractivity (Wildman–Crippen MR) is 282 cm³/mol. The average Bonchev–Trinajstić information content (AvgIpc) is 3.24. The van der Waals surface area contributed by atoms with E-state index >= 15 is 0 Å². The van der Waals surface area contributed by atoms with Gasteiger partial charge >= 0.3 is 56.5 Å². The molecule has 63 heavy (non-hydrogen) atoms. The summed E-state index contributed by atoms with van der Waals surface area (Å²) in [5.41, 5.74) is 6.47. The van der Waals surface area contributed by atoms with Crippen LogP contribution in [0.5, 0.6) is 23.0 Å². The second-order valence-electron chi connectivity index (χ2n) is 12.8. The Labute approximate surface area is 438 Å². The second-order valence-corrected chi connectivity index (χ2v) is 29.9. The zero-order valence-corrected chi connectivity index (χ0v) is 46.5. The van der Waals surface area contributed by atoms with E-state index in [1.165, 1.54) is 42.5 Å². The third-order valence-electron chi connectivity index (χ3n) is 8.90. The van der Waals surface area contributed by atoms with Crippen LogP contribution in [-0.2, 0) is 0 Å². The molecule has 1 amide bonds. The molecule has 0 saturated carbocycles. The molecule has 8 rings (SSSR count). The molecule has 13 nitrogen and oxygen atoms in total. The fourth-order valence-electron chi connectivity index (χ4n) is 6.12. The molecule has 0 unspecified atom stereocenters. The number of fused-ring (bicyclic) bond motifs is 4. The van der Waals surface area contributed by atoms with Crippen molar-refractivity contribution in [3.63, 3.8) is 0 Å². The van der Waals surface area contributed by atoms with E-state index in [1.54, 1.807) is 12.1 Å². The van der Waals surface area contributed by atoms with Gasteiger partial charge in [0.2, 0.25) is 11.6 Å². The van der Waals surface area contributed by atoms with E-state index in [9.17, 15) is 49.2 Å². The molecule has 0 aliphatic heterocycles. The largest absolute Gasteiger partial charge is 0.507 e. The van der Waals surface area contributed by atoms with Gasteiger partial charge in [0.15, 0.2) is 11.6 Å². The third kappa shape index (κ3) is 13.0. The van der Waals surface area contributed by atoms with Gasteiger partial charge in [-0.05, 0) is 79.7 Å². The van der Waals surface area contributed by atoms with Crippen molar-refractivity contribution in [1.29, 1.82) is 0 Å². The summed E-state index contributed by atoms with van der Waals surface area (Å²) in [5, 5.41) is 51.6. The monoisotopic (exact) mass is 1590 g/mol. The number of rotatable bonds is 3. The molecule has 0 atom stereocenters. The summed E-state index contributed by atoms with van der Waals surface area (Å²) in [6.45, 7) is 1.92. The van der Waals surface area contributed by atoms with Gasteiger partial charge in [-0.15, -0.1) is 24.0 Å². The molecule has 0 bridgehead atoms. The van der Waals surface area contributed by atoms with Gasteiger partial charge in [-0.3, -0.25) is 24.0 Å². The second kappa shape index (κ2) is 24.9. The number of carbonyl (C=O) groups excluding carboxylic acids is 5. The van der Waals surface area contributed by atoms with Crippen molar-refractivity contribution in [2.24, 2.45) is 0 Å². The number of phenolic OH excluding ortho intramolecular Hbond substituents is 4. The van der Waals surface area contributed by atoms with Crippen LogP contribution in [0.2, 0.25) is 0 Å². The van der Waals surface area contributed by atoms with Crippen molar-refractivity contribution in [1.82, 2.24) is 0 Å². The van der Waals surface area contributed by atoms with Crippen LogP contribution in [0.25, 0.3) is 0 Å². The Hall–Kier alpha value is -3.20. The minimum Gasteiger partial charge on any atom is -0.507 e. The number of amides is 1. The first-order valence-electron chi connectivity index (χ1n) is 17.2. The van der Waals surface area contributed by atoms with Gasteiger partial charge in [-0.25, -0.2) is 4.79 Å². The summed E-state index contributed by atoms with van der Waals surface area (Å²) in [5.74, 6) is -6.16. The Kier molecular flexibility index (Phi) is 21.4. The number of carboxylic acids is 1. The van der Waals surface area contributed by atoms with Crippen LogP contribution in [0.1, 0.15) is 90.0 Å². The SMILES string of the molecule is Cc1ccc(NC(=O)c2cc(O)c3c(c2)C(=O)c2cccc(O)c2C3=O)cc1.I.II.I[I-]I.Nc1ccc(Br)cc1.O=C(O)c1cc(O)c2c(c1)C(=O)c1cccc(O)c1C2=O. The molecule has 0 spiro atoms. The summed E-state index contributed by atoms with van der Waals surface area (Å²) in [6.07, 6.45) is 0. The number of hydrogen-bond acceptors (Lipinski definition) is 11. The third-order valence-corrected chi connectivity index (χ3v) is 9.42. The summed E-state index contributed by atoms with van der Waals surface area (Å²) >= 11 is 12.8. The van der Waals surface area contributed by atoms with Gasteiger partial charge in [0, 0.05) is 80.9 Å². The summed E-state index contributed by atoms with van der Waals surface area (Å²) in [6, 6.07) is 27.3. The molecule has 0 aromatic heterocycles. The zero-order chi connectivity index (χ0) is 46.0. The number of aromatic carboxylic acids is 1.